The van der Waals surface area contributed by atoms with Crippen LogP contribution in [0.3, 0.4) is 0 Å². The smallest absolute Gasteiger partial charge is 0.0907 e. The quantitative estimate of drug-likeness (QED) is 0.632. The third kappa shape index (κ3) is 1.74. The summed E-state index contributed by atoms with van der Waals surface area (Å²) < 4.78 is 0. The van der Waals surface area contributed by atoms with Crippen LogP contribution in [0.5, 0.6) is 0 Å². The van der Waals surface area contributed by atoms with Gasteiger partial charge in [0.1, 0.15) is 0 Å². The third-order valence-electron chi connectivity index (χ3n) is 2.70. The Bertz CT molecular complexity index is 150. The number of rotatable bonds is 0. The molecule has 0 aromatic carbocycles. The molecular weight excluding hydrogens is 194 g/mol. The van der Waals surface area contributed by atoms with E-state index in [9.17, 15) is 5.11 Å². The normalized spacial score (nSPS) is 41.2. The largest absolute Gasteiger partial charge is 0.390 e. The van der Waals surface area contributed by atoms with Crippen LogP contribution >= 0.6 is 24.2 Å². The van der Waals surface area contributed by atoms with Crippen LogP contribution in [0, 0.1) is 0 Å². The Morgan fingerprint density at radius 1 is 1.42 bits per heavy atom. The van der Waals surface area contributed by atoms with E-state index in [0.717, 1.165) is 25.1 Å². The molecule has 2 N–H and O–H groups in total. The maximum absolute atomic E-state index is 9.78. The van der Waals surface area contributed by atoms with Crippen molar-refractivity contribution < 1.29 is 5.11 Å². The van der Waals surface area contributed by atoms with E-state index < -0.39 is 0 Å². The molecule has 0 amide bonds. The first-order valence-electron chi connectivity index (χ1n) is 4.41. The maximum atomic E-state index is 9.78. The number of thioether (sulfide) groups is 1. The molecule has 4 heteroatoms. The minimum Gasteiger partial charge on any atom is -0.390 e. The summed E-state index contributed by atoms with van der Waals surface area (Å²) >= 11 is 1.91. The summed E-state index contributed by atoms with van der Waals surface area (Å²) in [7, 11) is 0. The Kier molecular flexibility index (Phi) is 3.71. The molecule has 72 valence electrons. The highest BCUT2D eigenvalue weighted by Crippen LogP contribution is 2.40. The molecule has 1 aliphatic heterocycles. The van der Waals surface area contributed by atoms with Gasteiger partial charge < -0.3 is 5.11 Å². The summed E-state index contributed by atoms with van der Waals surface area (Å²) in [4.78, 5) is 0.0538. The molecule has 1 heterocycles. The topological polar surface area (TPSA) is 32.3 Å². The fraction of sp³-hybridized carbons (Fsp3) is 1.00. The van der Waals surface area contributed by atoms with Gasteiger partial charge >= 0.3 is 0 Å². The van der Waals surface area contributed by atoms with Gasteiger partial charge in [0.15, 0.2) is 0 Å². The monoisotopic (exact) mass is 209 g/mol. The lowest BCUT2D eigenvalue weighted by molar-refractivity contribution is 0.0784. The number of hydrogen-bond acceptors (Lipinski definition) is 3. The van der Waals surface area contributed by atoms with Gasteiger partial charge in [-0.3, -0.25) is 5.32 Å². The lowest BCUT2D eigenvalue weighted by Gasteiger charge is -2.37. The van der Waals surface area contributed by atoms with Gasteiger partial charge in [-0.15, -0.1) is 24.2 Å². The summed E-state index contributed by atoms with van der Waals surface area (Å²) in [6, 6.07) is 0. The van der Waals surface area contributed by atoms with Crippen LogP contribution < -0.4 is 5.32 Å². The number of halogens is 1. The maximum Gasteiger partial charge on any atom is 0.0907 e. The van der Waals surface area contributed by atoms with Gasteiger partial charge in [0.25, 0.3) is 0 Å². The number of nitrogens with one attached hydrogen (secondary N) is 1. The molecule has 2 nitrogen and oxygen atoms in total. The SMILES string of the molecule is Cl.OC1CCCCC12NCCS2. The van der Waals surface area contributed by atoms with E-state index in [-0.39, 0.29) is 23.4 Å². The van der Waals surface area contributed by atoms with Crippen molar-refractivity contribution >= 4 is 24.2 Å². The molecule has 12 heavy (non-hydrogen) atoms. The predicted molar refractivity (Wildman–Crippen MR) is 54.9 cm³/mol. The first-order valence-corrected chi connectivity index (χ1v) is 5.39. The highest BCUT2D eigenvalue weighted by Gasteiger charge is 2.42. The zero-order valence-electron chi connectivity index (χ0n) is 7.08. The minimum absolute atomic E-state index is 0. The molecule has 0 radical (unpaired) electrons. The highest BCUT2D eigenvalue weighted by atomic mass is 35.5. The number of aliphatic hydroxyl groups excluding tert-OH is 1. The molecule has 2 rings (SSSR count). The van der Waals surface area contributed by atoms with Gasteiger partial charge in [-0.25, -0.2) is 0 Å². The third-order valence-corrected chi connectivity index (χ3v) is 4.24. The van der Waals surface area contributed by atoms with E-state index in [1.807, 2.05) is 11.8 Å². The van der Waals surface area contributed by atoms with Gasteiger partial charge in [-0.2, -0.15) is 0 Å². The van der Waals surface area contributed by atoms with Gasteiger partial charge in [0.05, 0.1) is 11.0 Å². The standard InChI is InChI=1S/C8H15NOS.ClH/c10-7-3-1-2-4-8(7)9-5-6-11-8;/h7,9-10H,1-6H2;1H. The molecule has 0 bridgehead atoms. The Hall–Kier alpha value is 0.560. The molecule has 1 aliphatic carbocycles. The first-order chi connectivity index (χ1) is 5.33. The molecule has 0 aromatic heterocycles. The molecule has 2 fully saturated rings. The molecular formula is C8H16ClNOS. The molecule has 1 saturated carbocycles. The van der Waals surface area contributed by atoms with Crippen molar-refractivity contribution in [3.8, 4) is 0 Å². The highest BCUT2D eigenvalue weighted by molar-refractivity contribution is 8.00. The summed E-state index contributed by atoms with van der Waals surface area (Å²) in [5.74, 6) is 1.16. The summed E-state index contributed by atoms with van der Waals surface area (Å²) in [6.07, 6.45) is 4.50. The van der Waals surface area contributed by atoms with Crippen molar-refractivity contribution in [2.24, 2.45) is 0 Å². The van der Waals surface area contributed by atoms with Gasteiger partial charge in [0, 0.05) is 12.3 Å². The van der Waals surface area contributed by atoms with E-state index in [4.69, 9.17) is 0 Å². The van der Waals surface area contributed by atoms with E-state index in [1.54, 1.807) is 0 Å². The van der Waals surface area contributed by atoms with E-state index in [0.29, 0.717) is 0 Å². The molecule has 2 aliphatic rings. The summed E-state index contributed by atoms with van der Waals surface area (Å²) in [5, 5.41) is 13.2. The van der Waals surface area contributed by atoms with Crippen molar-refractivity contribution in [2.45, 2.75) is 36.7 Å². The van der Waals surface area contributed by atoms with Crippen molar-refractivity contribution in [1.29, 1.82) is 0 Å². The van der Waals surface area contributed by atoms with Crippen LogP contribution in [0.1, 0.15) is 25.7 Å². The molecule has 0 aromatic rings. The first kappa shape index (κ1) is 10.6. The summed E-state index contributed by atoms with van der Waals surface area (Å²) in [5.41, 5.74) is 0. The fourth-order valence-electron chi connectivity index (χ4n) is 2.05. The van der Waals surface area contributed by atoms with Crippen molar-refractivity contribution in [3.63, 3.8) is 0 Å². The lowest BCUT2D eigenvalue weighted by atomic mass is 9.92. The van der Waals surface area contributed by atoms with E-state index >= 15 is 0 Å². The average Bonchev–Trinajstić information content (AvgIpc) is 2.46. The van der Waals surface area contributed by atoms with Crippen LogP contribution in [0.2, 0.25) is 0 Å². The van der Waals surface area contributed by atoms with Crippen LogP contribution in [-0.2, 0) is 0 Å². The molecule has 1 saturated heterocycles. The zero-order valence-corrected chi connectivity index (χ0v) is 8.72. The molecule has 1 spiro atoms. The van der Waals surface area contributed by atoms with E-state index in [1.165, 1.54) is 12.8 Å². The van der Waals surface area contributed by atoms with Crippen molar-refractivity contribution in [2.75, 3.05) is 12.3 Å². The van der Waals surface area contributed by atoms with E-state index in [2.05, 4.69) is 5.32 Å². The second-order valence-corrected chi connectivity index (χ2v) is 4.85. The lowest BCUT2D eigenvalue weighted by Crippen LogP contribution is -2.50. The van der Waals surface area contributed by atoms with Gasteiger partial charge in [-0.1, -0.05) is 12.8 Å². The molecule has 2 unspecified atom stereocenters. The minimum atomic E-state index is -0.108. The summed E-state index contributed by atoms with van der Waals surface area (Å²) in [6.45, 7) is 1.07. The van der Waals surface area contributed by atoms with Crippen LogP contribution in [0.25, 0.3) is 0 Å². The van der Waals surface area contributed by atoms with Crippen LogP contribution in [-0.4, -0.2) is 28.4 Å². The van der Waals surface area contributed by atoms with Gasteiger partial charge in [-0.05, 0) is 12.8 Å². The second kappa shape index (κ2) is 4.18. The van der Waals surface area contributed by atoms with Crippen LogP contribution in [0.15, 0.2) is 0 Å². The van der Waals surface area contributed by atoms with Crippen molar-refractivity contribution in [1.82, 2.24) is 5.32 Å². The Labute approximate surface area is 83.9 Å². The number of hydrogen-bond donors (Lipinski definition) is 2. The second-order valence-electron chi connectivity index (χ2n) is 3.43. The predicted octanol–water partition coefficient (Wildman–Crippen LogP) is 1.38. The Balaban J connectivity index is 0.000000720. The zero-order chi connectivity index (χ0) is 7.73. The Morgan fingerprint density at radius 2 is 2.25 bits per heavy atom. The number of aliphatic hydroxyl groups is 1. The van der Waals surface area contributed by atoms with Crippen molar-refractivity contribution in [3.05, 3.63) is 0 Å². The molecule has 2 atom stereocenters. The van der Waals surface area contributed by atoms with Crippen LogP contribution in [0.4, 0.5) is 0 Å². The van der Waals surface area contributed by atoms with Gasteiger partial charge in [0.2, 0.25) is 0 Å². The average molecular weight is 210 g/mol. The fourth-order valence-corrected chi connectivity index (χ4v) is 3.42. The Morgan fingerprint density at radius 3 is 2.83 bits per heavy atom.